The molecule has 0 spiro atoms. The lowest BCUT2D eigenvalue weighted by Crippen LogP contribution is -2.16. The van der Waals surface area contributed by atoms with Crippen LogP contribution in [0.25, 0.3) is 0 Å². The smallest absolute Gasteiger partial charge is 0.250 e. The minimum absolute atomic E-state index is 0.0154. The Morgan fingerprint density at radius 3 is 2.86 bits per heavy atom. The van der Waals surface area contributed by atoms with Crippen molar-refractivity contribution in [2.45, 2.75) is 26.2 Å². The second-order valence-corrected chi connectivity index (χ2v) is 3.49. The fourth-order valence-electron chi connectivity index (χ4n) is 1.42. The summed E-state index contributed by atoms with van der Waals surface area (Å²) in [7, 11) is 1.74. The lowest BCUT2D eigenvalue weighted by Gasteiger charge is -2.06. The van der Waals surface area contributed by atoms with E-state index >= 15 is 0 Å². The van der Waals surface area contributed by atoms with Crippen LogP contribution in [0.4, 0.5) is 0 Å². The molecule has 76 valence electrons. The van der Waals surface area contributed by atoms with Gasteiger partial charge in [0.15, 0.2) is 0 Å². The maximum Gasteiger partial charge on any atom is 0.250 e. The first-order valence-corrected chi connectivity index (χ1v) is 4.75. The van der Waals surface area contributed by atoms with Crippen LogP contribution in [0.5, 0.6) is 0 Å². The zero-order valence-electron chi connectivity index (χ0n) is 8.62. The van der Waals surface area contributed by atoms with Gasteiger partial charge >= 0.3 is 0 Å². The van der Waals surface area contributed by atoms with Crippen molar-refractivity contribution < 1.29 is 4.79 Å². The number of unbranched alkanes of at least 4 members (excludes halogenated alkanes) is 1. The van der Waals surface area contributed by atoms with Gasteiger partial charge in [-0.2, -0.15) is 0 Å². The molecule has 0 saturated heterocycles. The Labute approximate surface area is 83.4 Å². The van der Waals surface area contributed by atoms with E-state index in [-0.39, 0.29) is 5.56 Å². The van der Waals surface area contributed by atoms with Gasteiger partial charge in [-0.05, 0) is 30.9 Å². The van der Waals surface area contributed by atoms with Crippen LogP contribution < -0.4 is 5.56 Å². The maximum absolute atomic E-state index is 11.2. The van der Waals surface area contributed by atoms with Crippen LogP contribution in [-0.4, -0.2) is 10.9 Å². The number of rotatable bonds is 4. The van der Waals surface area contributed by atoms with Crippen molar-refractivity contribution >= 4 is 6.29 Å². The zero-order valence-corrected chi connectivity index (χ0v) is 8.62. The second kappa shape index (κ2) is 4.74. The van der Waals surface area contributed by atoms with Gasteiger partial charge in [0.1, 0.15) is 6.29 Å². The molecule has 0 unspecified atom stereocenters. The van der Waals surface area contributed by atoms with Crippen molar-refractivity contribution in [1.82, 2.24) is 4.57 Å². The van der Waals surface area contributed by atoms with Crippen molar-refractivity contribution in [1.29, 1.82) is 0 Å². The number of hydrogen-bond donors (Lipinski definition) is 0. The molecular weight excluding hydrogens is 178 g/mol. The van der Waals surface area contributed by atoms with Crippen molar-refractivity contribution in [2.24, 2.45) is 7.05 Å². The Balaban J connectivity index is 2.81. The summed E-state index contributed by atoms with van der Waals surface area (Å²) in [6.07, 6.45) is 5.07. The molecule has 1 aromatic rings. The Morgan fingerprint density at radius 2 is 2.21 bits per heavy atom. The highest BCUT2D eigenvalue weighted by atomic mass is 16.1. The largest absolute Gasteiger partial charge is 0.318 e. The molecule has 0 bridgehead atoms. The van der Waals surface area contributed by atoms with E-state index in [1.165, 1.54) is 0 Å². The summed E-state index contributed by atoms with van der Waals surface area (Å²) in [4.78, 5) is 21.4. The zero-order chi connectivity index (χ0) is 10.6. The minimum Gasteiger partial charge on any atom is -0.318 e. The first kappa shape index (κ1) is 10.7. The van der Waals surface area contributed by atoms with Gasteiger partial charge in [0.2, 0.25) is 0 Å². The Bertz CT molecular complexity index is 379. The summed E-state index contributed by atoms with van der Waals surface area (Å²) in [5.41, 5.74) is 2.18. The van der Waals surface area contributed by atoms with Gasteiger partial charge < -0.3 is 9.36 Å². The number of nitrogens with zero attached hydrogens (tertiary/aromatic N) is 1. The van der Waals surface area contributed by atoms with E-state index in [0.29, 0.717) is 6.42 Å². The molecule has 0 atom stereocenters. The molecule has 3 heteroatoms. The SMILES string of the molecule is Cc1cc(=O)n(C)cc1CCCC=O. The van der Waals surface area contributed by atoms with Gasteiger partial charge in [0.05, 0.1) is 0 Å². The first-order chi connectivity index (χ1) is 6.65. The fraction of sp³-hybridized carbons (Fsp3) is 0.455. The van der Waals surface area contributed by atoms with E-state index in [0.717, 1.165) is 30.3 Å². The van der Waals surface area contributed by atoms with Crippen molar-refractivity contribution in [2.75, 3.05) is 0 Å². The summed E-state index contributed by atoms with van der Waals surface area (Å²) < 4.78 is 1.57. The van der Waals surface area contributed by atoms with E-state index in [1.807, 2.05) is 13.1 Å². The third-order valence-electron chi connectivity index (χ3n) is 2.31. The number of aryl methyl sites for hydroxylation is 3. The molecule has 0 aliphatic heterocycles. The average Bonchev–Trinajstić information content (AvgIpc) is 2.14. The highest BCUT2D eigenvalue weighted by Gasteiger charge is 2.00. The quantitative estimate of drug-likeness (QED) is 0.532. The third-order valence-corrected chi connectivity index (χ3v) is 2.31. The lowest BCUT2D eigenvalue weighted by molar-refractivity contribution is -0.107. The molecule has 1 rings (SSSR count). The van der Waals surface area contributed by atoms with Gasteiger partial charge in [0, 0.05) is 25.7 Å². The van der Waals surface area contributed by atoms with Crippen LogP contribution in [0.15, 0.2) is 17.1 Å². The predicted molar refractivity (Wildman–Crippen MR) is 55.4 cm³/mol. The van der Waals surface area contributed by atoms with Gasteiger partial charge in [-0.15, -0.1) is 0 Å². The van der Waals surface area contributed by atoms with Crippen LogP contribution in [0, 0.1) is 6.92 Å². The standard InChI is InChI=1S/C11H15NO2/c1-9-7-11(14)12(2)8-10(9)5-3-4-6-13/h6-8H,3-5H2,1-2H3. The molecule has 1 aromatic heterocycles. The van der Waals surface area contributed by atoms with Gasteiger partial charge in [-0.25, -0.2) is 0 Å². The minimum atomic E-state index is 0.0154. The average molecular weight is 193 g/mol. The Kier molecular flexibility index (Phi) is 3.63. The number of carbonyl (C=O) groups excluding carboxylic acids is 1. The Hall–Kier alpha value is -1.38. The molecular formula is C11H15NO2. The first-order valence-electron chi connectivity index (χ1n) is 4.75. The third kappa shape index (κ3) is 2.55. The highest BCUT2D eigenvalue weighted by molar-refractivity contribution is 5.49. The van der Waals surface area contributed by atoms with Gasteiger partial charge in [0.25, 0.3) is 5.56 Å². The Morgan fingerprint density at radius 1 is 1.50 bits per heavy atom. The van der Waals surface area contributed by atoms with Crippen molar-refractivity contribution in [3.63, 3.8) is 0 Å². The summed E-state index contributed by atoms with van der Waals surface area (Å²) in [6.45, 7) is 1.93. The monoisotopic (exact) mass is 193 g/mol. The molecule has 0 amide bonds. The fourth-order valence-corrected chi connectivity index (χ4v) is 1.42. The molecule has 0 fully saturated rings. The molecule has 0 radical (unpaired) electrons. The van der Waals surface area contributed by atoms with Gasteiger partial charge in [-0.3, -0.25) is 4.79 Å². The van der Waals surface area contributed by atoms with Gasteiger partial charge in [-0.1, -0.05) is 0 Å². The molecule has 0 aliphatic carbocycles. The number of aromatic nitrogens is 1. The van der Waals surface area contributed by atoms with E-state index in [4.69, 9.17) is 0 Å². The number of carbonyl (C=O) groups is 1. The summed E-state index contributed by atoms with van der Waals surface area (Å²) in [5.74, 6) is 0. The molecule has 3 nitrogen and oxygen atoms in total. The van der Waals surface area contributed by atoms with E-state index in [2.05, 4.69) is 0 Å². The molecule has 0 N–H and O–H groups in total. The highest BCUT2D eigenvalue weighted by Crippen LogP contribution is 2.07. The van der Waals surface area contributed by atoms with Crippen molar-refractivity contribution in [3.05, 3.63) is 33.7 Å². The van der Waals surface area contributed by atoms with Crippen LogP contribution in [0.1, 0.15) is 24.0 Å². The number of pyridine rings is 1. The predicted octanol–water partition coefficient (Wildman–Crippen LogP) is 1.22. The molecule has 0 aromatic carbocycles. The summed E-state index contributed by atoms with van der Waals surface area (Å²) in [5, 5.41) is 0. The summed E-state index contributed by atoms with van der Waals surface area (Å²) >= 11 is 0. The van der Waals surface area contributed by atoms with E-state index in [1.54, 1.807) is 17.7 Å². The molecule has 0 aliphatic rings. The summed E-state index contributed by atoms with van der Waals surface area (Å²) in [6, 6.07) is 1.64. The van der Waals surface area contributed by atoms with E-state index < -0.39 is 0 Å². The maximum atomic E-state index is 11.2. The van der Waals surface area contributed by atoms with Crippen LogP contribution >= 0.6 is 0 Å². The molecule has 1 heterocycles. The topological polar surface area (TPSA) is 39.1 Å². The number of aldehydes is 1. The van der Waals surface area contributed by atoms with Crippen molar-refractivity contribution in [3.8, 4) is 0 Å². The normalized spacial score (nSPS) is 10.1. The van der Waals surface area contributed by atoms with Crippen LogP contribution in [0.2, 0.25) is 0 Å². The van der Waals surface area contributed by atoms with Crippen LogP contribution in [0.3, 0.4) is 0 Å². The molecule has 0 saturated carbocycles. The van der Waals surface area contributed by atoms with Crippen LogP contribution in [-0.2, 0) is 18.3 Å². The van der Waals surface area contributed by atoms with E-state index in [9.17, 15) is 9.59 Å². The lowest BCUT2D eigenvalue weighted by atomic mass is 10.1. The molecule has 14 heavy (non-hydrogen) atoms. The number of hydrogen-bond acceptors (Lipinski definition) is 2. The second-order valence-electron chi connectivity index (χ2n) is 3.49.